The second kappa shape index (κ2) is 7.91. The van der Waals surface area contributed by atoms with Crippen molar-refractivity contribution in [2.45, 2.75) is 32.0 Å². The molecule has 0 aliphatic rings. The summed E-state index contributed by atoms with van der Waals surface area (Å²) in [5.74, 6) is 1.34. The molecule has 0 atom stereocenters. The van der Waals surface area contributed by atoms with E-state index in [1.54, 1.807) is 10.7 Å². The maximum absolute atomic E-state index is 12.5. The fourth-order valence-corrected chi connectivity index (χ4v) is 3.26. The van der Waals surface area contributed by atoms with E-state index in [0.717, 1.165) is 28.3 Å². The highest BCUT2D eigenvalue weighted by Gasteiger charge is 2.16. The van der Waals surface area contributed by atoms with Gasteiger partial charge in [-0.15, -0.1) is 5.10 Å². The Hall–Kier alpha value is -2.68. The molecule has 0 radical (unpaired) electrons. The lowest BCUT2D eigenvalue weighted by molar-refractivity contribution is -0.120. The molecule has 27 heavy (non-hydrogen) atoms. The number of amides is 1. The van der Waals surface area contributed by atoms with Crippen LogP contribution in [0, 0.1) is 13.8 Å². The van der Waals surface area contributed by atoms with Crippen molar-refractivity contribution in [1.29, 1.82) is 0 Å². The van der Waals surface area contributed by atoms with E-state index in [2.05, 4.69) is 25.4 Å². The summed E-state index contributed by atoms with van der Waals surface area (Å²) in [4.78, 5) is 27.7. The molecule has 1 amide bonds. The summed E-state index contributed by atoms with van der Waals surface area (Å²) < 4.78 is 1.70. The Balaban J connectivity index is 1.76. The molecule has 0 aromatic carbocycles. The monoisotopic (exact) mass is 385 g/mol. The van der Waals surface area contributed by atoms with E-state index >= 15 is 0 Å². The van der Waals surface area contributed by atoms with Gasteiger partial charge in [-0.1, -0.05) is 17.8 Å². The van der Waals surface area contributed by atoms with Gasteiger partial charge in [-0.3, -0.25) is 4.79 Å². The zero-order valence-electron chi connectivity index (χ0n) is 16.1. The Bertz CT molecular complexity index is 983. The lowest BCUT2D eigenvalue weighted by atomic mass is 10.1. The zero-order chi connectivity index (χ0) is 19.6. The molecule has 0 fully saturated rings. The lowest BCUT2D eigenvalue weighted by Crippen LogP contribution is -2.27. The second-order valence-corrected chi connectivity index (χ2v) is 7.18. The number of fused-ring (bicyclic) bond motifs is 1. The lowest BCUT2D eigenvalue weighted by Gasteiger charge is -2.16. The number of rotatable bonds is 6. The summed E-state index contributed by atoms with van der Waals surface area (Å²) in [7, 11) is 3.87. The van der Waals surface area contributed by atoms with Gasteiger partial charge in [0, 0.05) is 49.4 Å². The molecule has 0 saturated carbocycles. The predicted octanol–water partition coefficient (Wildman–Crippen LogP) is 1.78. The minimum atomic E-state index is -0.0684. The number of nitrogens with one attached hydrogen (secondary N) is 1. The molecule has 142 valence electrons. The van der Waals surface area contributed by atoms with Gasteiger partial charge in [-0.25, -0.2) is 14.5 Å². The van der Waals surface area contributed by atoms with Crippen LogP contribution < -0.4 is 10.2 Å². The van der Waals surface area contributed by atoms with Gasteiger partial charge in [0.05, 0.1) is 6.42 Å². The van der Waals surface area contributed by atoms with E-state index in [-0.39, 0.29) is 12.3 Å². The highest BCUT2D eigenvalue weighted by Crippen LogP contribution is 2.18. The molecule has 9 heteroatoms. The minimum Gasteiger partial charge on any atom is -0.362 e. The number of pyridine rings is 1. The number of aryl methyl sites for hydroxylation is 2. The number of carbonyl (C=O) groups excluding carboxylic acids is 1. The first-order valence-corrected chi connectivity index (χ1v) is 9.78. The smallest absolute Gasteiger partial charge is 0.253 e. The van der Waals surface area contributed by atoms with Crippen LogP contribution >= 0.6 is 11.8 Å². The molecule has 0 saturated heterocycles. The molecule has 3 aromatic heterocycles. The van der Waals surface area contributed by atoms with Gasteiger partial charge >= 0.3 is 0 Å². The van der Waals surface area contributed by atoms with E-state index in [1.165, 1.54) is 11.8 Å². The van der Waals surface area contributed by atoms with Crippen LogP contribution in [-0.4, -0.2) is 50.8 Å². The van der Waals surface area contributed by atoms with E-state index < -0.39 is 0 Å². The fraction of sp³-hybridized carbons (Fsp3) is 0.389. The molecule has 0 aliphatic carbocycles. The summed E-state index contributed by atoms with van der Waals surface area (Å²) in [6.07, 6.45) is 3.91. The molecular formula is C18H23N7OS. The molecule has 3 heterocycles. The quantitative estimate of drug-likeness (QED) is 0.647. The van der Waals surface area contributed by atoms with Crippen LogP contribution in [0.15, 0.2) is 23.5 Å². The highest BCUT2D eigenvalue weighted by molar-refractivity contribution is 7.98. The zero-order valence-corrected chi connectivity index (χ0v) is 17.0. The van der Waals surface area contributed by atoms with Crippen molar-refractivity contribution in [1.82, 2.24) is 29.9 Å². The van der Waals surface area contributed by atoms with Crippen molar-refractivity contribution < 1.29 is 4.79 Å². The van der Waals surface area contributed by atoms with Gasteiger partial charge in [0.1, 0.15) is 5.82 Å². The molecular weight excluding hydrogens is 362 g/mol. The normalized spacial score (nSPS) is 11.0. The van der Waals surface area contributed by atoms with Crippen LogP contribution in [0.5, 0.6) is 0 Å². The van der Waals surface area contributed by atoms with Crippen molar-refractivity contribution >= 4 is 29.3 Å². The second-order valence-electron chi connectivity index (χ2n) is 6.41. The van der Waals surface area contributed by atoms with Crippen LogP contribution in [0.1, 0.15) is 22.5 Å². The molecule has 1 N–H and O–H groups in total. The van der Waals surface area contributed by atoms with Crippen LogP contribution in [0.25, 0.3) is 5.78 Å². The first-order valence-electron chi connectivity index (χ1n) is 8.55. The van der Waals surface area contributed by atoms with Gasteiger partial charge in [0.15, 0.2) is 0 Å². The van der Waals surface area contributed by atoms with Crippen LogP contribution in [0.3, 0.4) is 0 Å². The maximum atomic E-state index is 12.5. The van der Waals surface area contributed by atoms with E-state index in [1.807, 2.05) is 51.2 Å². The number of anilines is 1. The Labute approximate surface area is 162 Å². The van der Waals surface area contributed by atoms with Crippen LogP contribution in [0.4, 0.5) is 5.82 Å². The third-order valence-electron chi connectivity index (χ3n) is 4.32. The van der Waals surface area contributed by atoms with E-state index in [4.69, 9.17) is 0 Å². The maximum Gasteiger partial charge on any atom is 0.253 e. The number of nitrogens with zero attached hydrogens (tertiary/aromatic N) is 6. The summed E-state index contributed by atoms with van der Waals surface area (Å²) in [6.45, 7) is 4.26. The first-order chi connectivity index (χ1) is 12.9. The summed E-state index contributed by atoms with van der Waals surface area (Å²) >= 11 is 1.47. The van der Waals surface area contributed by atoms with E-state index in [0.29, 0.717) is 17.5 Å². The summed E-state index contributed by atoms with van der Waals surface area (Å²) in [6, 6.07) is 3.83. The number of aromatic nitrogens is 5. The van der Waals surface area contributed by atoms with Gasteiger partial charge in [-0.05, 0) is 26.2 Å². The Kier molecular flexibility index (Phi) is 5.59. The van der Waals surface area contributed by atoms with Crippen molar-refractivity contribution in [3.8, 4) is 0 Å². The van der Waals surface area contributed by atoms with Gasteiger partial charge in [0.25, 0.3) is 5.78 Å². The highest BCUT2D eigenvalue weighted by atomic mass is 32.2. The molecule has 8 nitrogen and oxygen atoms in total. The average molecular weight is 385 g/mol. The van der Waals surface area contributed by atoms with Crippen molar-refractivity contribution in [3.63, 3.8) is 0 Å². The number of thioether (sulfide) groups is 1. The number of hydrogen-bond acceptors (Lipinski definition) is 7. The van der Waals surface area contributed by atoms with E-state index in [9.17, 15) is 4.79 Å². The van der Waals surface area contributed by atoms with Crippen molar-refractivity contribution in [3.05, 3.63) is 40.8 Å². The largest absolute Gasteiger partial charge is 0.362 e. The molecule has 0 bridgehead atoms. The Morgan fingerprint density at radius 3 is 2.78 bits per heavy atom. The summed E-state index contributed by atoms with van der Waals surface area (Å²) in [5.41, 5.74) is 3.52. The van der Waals surface area contributed by atoms with Crippen molar-refractivity contribution in [2.24, 2.45) is 0 Å². The summed E-state index contributed by atoms with van der Waals surface area (Å²) in [5, 5.41) is 8.07. The molecule has 3 aromatic rings. The predicted molar refractivity (Wildman–Crippen MR) is 106 cm³/mol. The van der Waals surface area contributed by atoms with Crippen molar-refractivity contribution in [2.75, 3.05) is 25.3 Å². The Morgan fingerprint density at radius 2 is 2.07 bits per heavy atom. The molecule has 3 rings (SSSR count). The first kappa shape index (κ1) is 19.1. The van der Waals surface area contributed by atoms with Gasteiger partial charge in [0.2, 0.25) is 11.1 Å². The molecule has 0 unspecified atom stereocenters. The molecule has 0 spiro atoms. The third-order valence-corrected chi connectivity index (χ3v) is 4.85. The third kappa shape index (κ3) is 4.02. The van der Waals surface area contributed by atoms with Gasteiger partial charge in [-0.2, -0.15) is 4.98 Å². The van der Waals surface area contributed by atoms with Gasteiger partial charge < -0.3 is 10.2 Å². The minimum absolute atomic E-state index is 0.0684. The number of carbonyl (C=O) groups is 1. The SMILES string of the molecule is CSc1nc2nc(C)c(CC(=O)NCc3cccnc3N(C)C)c(C)n2n1. The fourth-order valence-electron chi connectivity index (χ4n) is 2.92. The number of hydrogen-bond donors (Lipinski definition) is 1. The van der Waals surface area contributed by atoms with Crippen LogP contribution in [0.2, 0.25) is 0 Å². The Morgan fingerprint density at radius 1 is 1.30 bits per heavy atom. The topological polar surface area (TPSA) is 88.3 Å². The molecule has 0 aliphatic heterocycles. The average Bonchev–Trinajstić information content (AvgIpc) is 3.06. The standard InChI is InChI=1S/C18H23N7OS/c1-11-14(12(2)25-17(21-11)22-18(23-25)27-5)9-15(26)20-10-13-7-6-8-19-16(13)24(3)4/h6-8H,9-10H2,1-5H3,(H,20,26). The van der Waals surface area contributed by atoms with Crippen LogP contribution in [-0.2, 0) is 17.8 Å².